The lowest BCUT2D eigenvalue weighted by Crippen LogP contribution is -2.34. The van der Waals surface area contributed by atoms with E-state index in [0.29, 0.717) is 36.7 Å². The number of alkyl halides is 3. The van der Waals surface area contributed by atoms with E-state index >= 15 is 0 Å². The molecule has 1 saturated carbocycles. The molecular formula is C21H21F3N4O4. The second kappa shape index (κ2) is 9.11. The highest BCUT2D eigenvalue weighted by molar-refractivity contribution is 6.39. The second-order valence-corrected chi connectivity index (χ2v) is 7.69. The van der Waals surface area contributed by atoms with Crippen LogP contribution in [0.4, 0.5) is 13.2 Å². The molecule has 1 amide bonds. The molecule has 1 fully saturated rings. The maximum atomic E-state index is 12.4. The van der Waals surface area contributed by atoms with E-state index in [1.54, 1.807) is 0 Å². The number of carbonyl (C=O) groups is 1. The summed E-state index contributed by atoms with van der Waals surface area (Å²) >= 11 is 0. The summed E-state index contributed by atoms with van der Waals surface area (Å²) in [5.74, 6) is -0.0170. The standard InChI is InChI=1S/C21H21F3N4O4/c1-12(25-19(29)16-11-17(32-28-16)13-5-3-2-4-6-13)7-8-18-26-27-20(30-18)14-9-15(10-14)31-21(22,23)24/h2-6,14-15,17H,1,7-11H2,(H,25,29)/t14?,15?,17-/m0/s1. The van der Waals surface area contributed by atoms with E-state index in [2.05, 4.69) is 32.0 Å². The molecule has 1 aliphatic carbocycles. The molecule has 170 valence electrons. The molecule has 0 spiro atoms. The predicted molar refractivity (Wildman–Crippen MR) is 105 cm³/mol. The number of amides is 1. The van der Waals surface area contributed by atoms with Crippen LogP contribution in [0.1, 0.15) is 55.1 Å². The first kappa shape index (κ1) is 22.0. The van der Waals surface area contributed by atoms with Crippen LogP contribution in [0.2, 0.25) is 0 Å². The molecule has 1 aromatic carbocycles. The van der Waals surface area contributed by atoms with Gasteiger partial charge >= 0.3 is 6.36 Å². The number of ether oxygens (including phenoxy) is 1. The third-order valence-electron chi connectivity index (χ3n) is 5.26. The molecule has 1 aliphatic heterocycles. The number of hydrogen-bond acceptors (Lipinski definition) is 7. The summed E-state index contributed by atoms with van der Waals surface area (Å²) in [5.41, 5.74) is 1.66. The number of nitrogens with one attached hydrogen (secondary N) is 1. The van der Waals surface area contributed by atoms with Gasteiger partial charge in [-0.15, -0.1) is 23.4 Å². The normalized spacial score (nSPS) is 22.6. The molecule has 1 aromatic heterocycles. The van der Waals surface area contributed by atoms with Crippen LogP contribution in [0, 0.1) is 0 Å². The Balaban J connectivity index is 1.19. The monoisotopic (exact) mass is 450 g/mol. The summed E-state index contributed by atoms with van der Waals surface area (Å²) in [4.78, 5) is 17.7. The van der Waals surface area contributed by atoms with Gasteiger partial charge in [0.25, 0.3) is 5.91 Å². The number of hydrogen-bond donors (Lipinski definition) is 1. The van der Waals surface area contributed by atoms with Crippen molar-refractivity contribution in [3.63, 3.8) is 0 Å². The Labute approximate surface area is 181 Å². The Morgan fingerprint density at radius 1 is 1.22 bits per heavy atom. The van der Waals surface area contributed by atoms with E-state index in [-0.39, 0.29) is 36.5 Å². The Bertz CT molecular complexity index is 1000. The van der Waals surface area contributed by atoms with Gasteiger partial charge in [0.15, 0.2) is 6.10 Å². The van der Waals surface area contributed by atoms with Gasteiger partial charge in [-0.2, -0.15) is 0 Å². The van der Waals surface area contributed by atoms with E-state index in [4.69, 9.17) is 9.25 Å². The summed E-state index contributed by atoms with van der Waals surface area (Å²) in [6.07, 6.45) is -4.42. The lowest BCUT2D eigenvalue weighted by Gasteiger charge is -2.32. The van der Waals surface area contributed by atoms with Crippen LogP contribution < -0.4 is 5.32 Å². The molecule has 2 heterocycles. The quantitative estimate of drug-likeness (QED) is 0.654. The van der Waals surface area contributed by atoms with Crippen LogP contribution in [0.15, 0.2) is 52.2 Å². The number of halogens is 3. The fourth-order valence-corrected chi connectivity index (χ4v) is 3.50. The van der Waals surface area contributed by atoms with Crippen LogP contribution in [0.5, 0.6) is 0 Å². The number of benzene rings is 1. The first-order valence-electron chi connectivity index (χ1n) is 10.1. The van der Waals surface area contributed by atoms with Gasteiger partial charge < -0.3 is 14.6 Å². The number of nitrogens with zero attached hydrogens (tertiary/aromatic N) is 3. The van der Waals surface area contributed by atoms with Gasteiger partial charge in [-0.25, -0.2) is 0 Å². The van der Waals surface area contributed by atoms with Crippen molar-refractivity contribution < 1.29 is 32.0 Å². The summed E-state index contributed by atoms with van der Waals surface area (Å²) in [7, 11) is 0. The molecule has 0 unspecified atom stereocenters. The van der Waals surface area contributed by atoms with Crippen molar-refractivity contribution >= 4 is 11.6 Å². The van der Waals surface area contributed by atoms with E-state index in [1.807, 2.05) is 30.3 Å². The molecule has 8 nitrogen and oxygen atoms in total. The van der Waals surface area contributed by atoms with Crippen molar-refractivity contribution in [1.82, 2.24) is 15.5 Å². The topological polar surface area (TPSA) is 98.8 Å². The smallest absolute Gasteiger partial charge is 0.425 e. The summed E-state index contributed by atoms with van der Waals surface area (Å²) in [6, 6.07) is 9.49. The predicted octanol–water partition coefficient (Wildman–Crippen LogP) is 3.93. The van der Waals surface area contributed by atoms with Gasteiger partial charge in [0.1, 0.15) is 5.71 Å². The fourth-order valence-electron chi connectivity index (χ4n) is 3.50. The lowest BCUT2D eigenvalue weighted by atomic mass is 9.82. The zero-order chi connectivity index (χ0) is 22.7. The highest BCUT2D eigenvalue weighted by Gasteiger charge is 2.42. The van der Waals surface area contributed by atoms with Crippen molar-refractivity contribution in [2.75, 3.05) is 0 Å². The first-order chi connectivity index (χ1) is 15.3. The Hall–Kier alpha value is -3.21. The summed E-state index contributed by atoms with van der Waals surface area (Å²) in [6.45, 7) is 3.83. The van der Waals surface area contributed by atoms with Crippen LogP contribution >= 0.6 is 0 Å². The van der Waals surface area contributed by atoms with Crippen LogP contribution in [0.25, 0.3) is 0 Å². The van der Waals surface area contributed by atoms with Gasteiger partial charge in [-0.05, 0) is 24.8 Å². The van der Waals surface area contributed by atoms with E-state index in [0.717, 1.165) is 5.56 Å². The van der Waals surface area contributed by atoms with Crippen LogP contribution in [-0.2, 0) is 20.8 Å². The Kier molecular flexibility index (Phi) is 6.26. The molecule has 0 bridgehead atoms. The average Bonchev–Trinajstić information content (AvgIpc) is 3.39. The largest absolute Gasteiger partial charge is 0.522 e. The summed E-state index contributed by atoms with van der Waals surface area (Å²) in [5, 5.41) is 14.4. The molecular weight excluding hydrogens is 429 g/mol. The average molecular weight is 450 g/mol. The van der Waals surface area contributed by atoms with Crippen molar-refractivity contribution in [2.45, 2.75) is 56.6 Å². The van der Waals surface area contributed by atoms with Gasteiger partial charge in [0.05, 0.1) is 6.10 Å². The van der Waals surface area contributed by atoms with Crippen molar-refractivity contribution in [1.29, 1.82) is 0 Å². The van der Waals surface area contributed by atoms with E-state index in [1.165, 1.54) is 0 Å². The molecule has 4 rings (SSSR count). The van der Waals surface area contributed by atoms with Crippen molar-refractivity contribution in [3.8, 4) is 0 Å². The molecule has 1 atom stereocenters. The molecule has 0 saturated heterocycles. The third-order valence-corrected chi connectivity index (χ3v) is 5.26. The zero-order valence-corrected chi connectivity index (χ0v) is 17.0. The zero-order valence-electron chi connectivity index (χ0n) is 17.0. The number of rotatable bonds is 8. The maximum absolute atomic E-state index is 12.4. The van der Waals surface area contributed by atoms with Crippen LogP contribution in [-0.4, -0.2) is 34.3 Å². The van der Waals surface area contributed by atoms with Crippen molar-refractivity contribution in [2.24, 2.45) is 5.16 Å². The first-order valence-corrected chi connectivity index (χ1v) is 10.1. The van der Waals surface area contributed by atoms with Gasteiger partial charge in [-0.1, -0.05) is 42.1 Å². The Morgan fingerprint density at radius 3 is 2.69 bits per heavy atom. The van der Waals surface area contributed by atoms with Crippen LogP contribution in [0.3, 0.4) is 0 Å². The SMILES string of the molecule is C=C(CCc1nnc(C2CC(OC(F)(F)F)C2)o1)NC(=O)C1=NO[C@H](c2ccccc2)C1. The minimum atomic E-state index is -4.64. The number of oxime groups is 1. The highest BCUT2D eigenvalue weighted by atomic mass is 19.4. The number of aromatic nitrogens is 2. The molecule has 2 aliphatic rings. The molecule has 2 aromatic rings. The molecule has 32 heavy (non-hydrogen) atoms. The van der Waals surface area contributed by atoms with Gasteiger partial charge in [0, 0.05) is 24.5 Å². The number of allylic oxidation sites excluding steroid dienone is 1. The minimum absolute atomic E-state index is 0.179. The minimum Gasteiger partial charge on any atom is -0.425 e. The van der Waals surface area contributed by atoms with E-state index < -0.39 is 12.5 Å². The third kappa shape index (κ3) is 5.52. The van der Waals surface area contributed by atoms with Crippen molar-refractivity contribution in [3.05, 3.63) is 60.0 Å². The molecule has 11 heteroatoms. The summed E-state index contributed by atoms with van der Waals surface area (Å²) < 4.78 is 46.1. The van der Waals surface area contributed by atoms with E-state index in [9.17, 15) is 18.0 Å². The van der Waals surface area contributed by atoms with Gasteiger partial charge in [0.2, 0.25) is 11.8 Å². The fraction of sp³-hybridized carbons (Fsp3) is 0.429. The molecule has 1 N–H and O–H groups in total. The number of carbonyl (C=O) groups excluding carboxylic acids is 1. The molecule has 0 radical (unpaired) electrons. The second-order valence-electron chi connectivity index (χ2n) is 7.69. The van der Waals surface area contributed by atoms with Gasteiger partial charge in [-0.3, -0.25) is 9.53 Å². The highest BCUT2D eigenvalue weighted by Crippen LogP contribution is 2.40. The number of aryl methyl sites for hydroxylation is 1. The maximum Gasteiger partial charge on any atom is 0.522 e. The Morgan fingerprint density at radius 2 is 1.97 bits per heavy atom. The lowest BCUT2D eigenvalue weighted by molar-refractivity contribution is -0.352.